The molecule has 4 N–H and O–H groups in total. The second-order valence-corrected chi connectivity index (χ2v) is 9.67. The maximum atomic E-state index is 12.8. The number of anilines is 1. The van der Waals surface area contributed by atoms with Crippen LogP contribution in [0.15, 0.2) is 10.5 Å². The maximum Gasteiger partial charge on any atom is 0.346 e. The second-order valence-electron chi connectivity index (χ2n) is 6.48. The average molecular weight is 490 g/mol. The summed E-state index contributed by atoms with van der Waals surface area (Å²) in [6.45, 7) is -0.467. The predicted octanol–water partition coefficient (Wildman–Crippen LogP) is -0.795. The molecule has 0 aliphatic carbocycles. The number of hydrogen-bond donors (Lipinski definition) is 3. The van der Waals surface area contributed by atoms with E-state index in [0.717, 1.165) is 11.3 Å². The molecular weight excluding hydrogens is 470 g/mol. The molecule has 0 aromatic carbocycles. The highest BCUT2D eigenvalue weighted by Crippen LogP contribution is 2.43. The summed E-state index contributed by atoms with van der Waals surface area (Å²) in [6, 6.07) is -0.854. The number of nitrogens with one attached hydrogen (secondary N) is 1. The minimum atomic E-state index is -1.09. The first-order chi connectivity index (χ1) is 14.7. The third kappa shape index (κ3) is 4.57. The van der Waals surface area contributed by atoms with E-state index in [9.17, 15) is 24.3 Å². The average Bonchev–Trinajstić information content (AvgIpc) is 3.19. The zero-order valence-electron chi connectivity index (χ0n) is 16.4. The summed E-state index contributed by atoms with van der Waals surface area (Å²) in [7, 11) is 1.18. The fourth-order valence-electron chi connectivity index (χ4n) is 2.91. The highest BCUT2D eigenvalue weighted by Gasteiger charge is 2.57. The van der Waals surface area contributed by atoms with Crippen molar-refractivity contribution in [2.45, 2.75) is 16.2 Å². The normalized spacial score (nSPS) is 25.3. The number of aromatic nitrogens is 1. The van der Waals surface area contributed by atoms with Crippen LogP contribution in [0.5, 0.6) is 0 Å². The zero-order chi connectivity index (χ0) is 22.8. The van der Waals surface area contributed by atoms with Gasteiger partial charge in [0.1, 0.15) is 21.9 Å². The number of oxime groups is 1. The molecule has 1 aromatic heterocycles. The molecule has 31 heavy (non-hydrogen) atoms. The van der Waals surface area contributed by atoms with Gasteiger partial charge in [0.25, 0.3) is 5.91 Å². The zero-order valence-corrected chi connectivity index (χ0v) is 18.8. The van der Waals surface area contributed by atoms with Gasteiger partial charge in [-0.1, -0.05) is 5.16 Å². The SMILES string of the molecule is COC(=O)CON=C(C(=O)NC1C(=O)N2CC(SC)(C(=O)O)CS[C@H]12)c1csc(N)n1. The first-order valence-electron chi connectivity index (χ1n) is 8.72. The smallest absolute Gasteiger partial charge is 0.346 e. The van der Waals surface area contributed by atoms with Gasteiger partial charge < -0.3 is 30.6 Å². The Kier molecular flexibility index (Phi) is 6.96. The highest BCUT2D eigenvalue weighted by molar-refractivity contribution is 8.04. The molecule has 0 spiro atoms. The molecule has 15 heteroatoms. The lowest BCUT2D eigenvalue weighted by Gasteiger charge is -2.53. The van der Waals surface area contributed by atoms with E-state index >= 15 is 0 Å². The number of nitrogen functional groups attached to an aromatic ring is 1. The van der Waals surface area contributed by atoms with E-state index in [1.165, 1.54) is 40.9 Å². The topological polar surface area (TPSA) is 174 Å². The van der Waals surface area contributed by atoms with Crippen molar-refractivity contribution >= 4 is 69.5 Å². The molecule has 3 rings (SSSR count). The maximum absolute atomic E-state index is 12.8. The van der Waals surface area contributed by atoms with Gasteiger partial charge in [0, 0.05) is 17.7 Å². The first-order valence-corrected chi connectivity index (χ1v) is 11.9. The van der Waals surface area contributed by atoms with Gasteiger partial charge in [-0.15, -0.1) is 34.9 Å². The molecule has 0 bridgehead atoms. The number of carboxylic acid groups (broad SMARTS) is 1. The number of thiazole rings is 1. The van der Waals surface area contributed by atoms with Gasteiger partial charge in [-0.3, -0.25) is 14.4 Å². The third-order valence-electron chi connectivity index (χ3n) is 4.67. The van der Waals surface area contributed by atoms with Crippen LogP contribution in [-0.2, 0) is 28.8 Å². The van der Waals surface area contributed by atoms with Crippen LogP contribution >= 0.6 is 34.9 Å². The number of thioether (sulfide) groups is 2. The molecule has 2 aliphatic heterocycles. The number of carbonyl (C=O) groups is 4. The van der Waals surface area contributed by atoms with E-state index in [2.05, 4.69) is 20.2 Å². The van der Waals surface area contributed by atoms with Crippen molar-refractivity contribution < 1.29 is 33.9 Å². The van der Waals surface area contributed by atoms with Crippen molar-refractivity contribution in [2.75, 3.05) is 38.0 Å². The molecule has 3 heterocycles. The van der Waals surface area contributed by atoms with Crippen LogP contribution in [0.25, 0.3) is 0 Å². The molecule has 2 aliphatic rings. The van der Waals surface area contributed by atoms with E-state index in [4.69, 9.17) is 10.6 Å². The van der Waals surface area contributed by atoms with Gasteiger partial charge in [-0.2, -0.15) is 0 Å². The lowest BCUT2D eigenvalue weighted by atomic mass is 10.0. The summed E-state index contributed by atoms with van der Waals surface area (Å²) in [5, 5.41) is 17.1. The molecule has 2 unspecified atom stereocenters. The van der Waals surface area contributed by atoms with Crippen LogP contribution in [-0.4, -0.2) is 92.9 Å². The Bertz CT molecular complexity index is 938. The molecule has 0 radical (unpaired) electrons. The number of methoxy groups -OCH3 is 1. The molecule has 2 amide bonds. The van der Waals surface area contributed by atoms with Crippen molar-refractivity contribution in [3.63, 3.8) is 0 Å². The fraction of sp³-hybridized carbons (Fsp3) is 0.500. The Balaban J connectivity index is 1.71. The minimum absolute atomic E-state index is 0.0537. The van der Waals surface area contributed by atoms with Crippen molar-refractivity contribution in [2.24, 2.45) is 5.16 Å². The fourth-order valence-corrected chi connectivity index (χ4v) is 5.97. The summed E-state index contributed by atoms with van der Waals surface area (Å²) < 4.78 is 3.36. The van der Waals surface area contributed by atoms with E-state index in [1.807, 2.05) is 0 Å². The first kappa shape index (κ1) is 23.1. The molecule has 1 aromatic rings. The summed E-state index contributed by atoms with van der Waals surface area (Å²) in [5.74, 6) is -2.52. The number of fused-ring (bicyclic) bond motifs is 1. The number of ether oxygens (including phenoxy) is 1. The molecule has 3 atom stereocenters. The molecule has 2 saturated heterocycles. The van der Waals surface area contributed by atoms with E-state index in [0.29, 0.717) is 0 Å². The van der Waals surface area contributed by atoms with Gasteiger partial charge in [-0.25, -0.2) is 9.78 Å². The summed E-state index contributed by atoms with van der Waals surface area (Å²) >= 11 is 3.55. The van der Waals surface area contributed by atoms with Crippen molar-refractivity contribution in [3.8, 4) is 0 Å². The molecular formula is C16H19N5O7S3. The van der Waals surface area contributed by atoms with Crippen molar-refractivity contribution in [1.29, 1.82) is 0 Å². The van der Waals surface area contributed by atoms with Gasteiger partial charge in [0.05, 0.1) is 7.11 Å². The van der Waals surface area contributed by atoms with E-state index in [-0.39, 0.29) is 28.8 Å². The van der Waals surface area contributed by atoms with Crippen LogP contribution < -0.4 is 11.1 Å². The standard InChI is InChI=1S/C16H19N5O7S3/c1-27-8(22)3-28-20-9(7-4-30-15(17)18-7)11(23)19-10-12(24)21-5-16(29-2,14(25)26)6-31-13(10)21/h4,10,13H,3,5-6H2,1-2H3,(H2,17,18)(H,19,23)(H,25,26)/t10?,13-,16?/m1/s1. The predicted molar refractivity (Wildman–Crippen MR) is 115 cm³/mol. The summed E-state index contributed by atoms with van der Waals surface area (Å²) in [4.78, 5) is 58.6. The van der Waals surface area contributed by atoms with Crippen LogP contribution in [0.1, 0.15) is 5.69 Å². The number of carbonyl (C=O) groups excluding carboxylic acids is 3. The van der Waals surface area contributed by atoms with E-state index in [1.54, 1.807) is 6.26 Å². The number of amides is 2. The van der Waals surface area contributed by atoms with Gasteiger partial charge in [0.15, 0.2) is 10.8 Å². The number of β-lactam (4-membered cyclic amide) rings is 1. The highest BCUT2D eigenvalue weighted by atomic mass is 32.2. The number of carboxylic acids is 1. The Morgan fingerprint density at radius 1 is 1.52 bits per heavy atom. The number of aliphatic carboxylic acids is 1. The molecule has 2 fully saturated rings. The van der Waals surface area contributed by atoms with Crippen molar-refractivity contribution in [3.05, 3.63) is 11.1 Å². The Labute approximate surface area is 188 Å². The minimum Gasteiger partial charge on any atom is -0.480 e. The Morgan fingerprint density at radius 3 is 2.84 bits per heavy atom. The van der Waals surface area contributed by atoms with Crippen LogP contribution in [0.2, 0.25) is 0 Å². The van der Waals surface area contributed by atoms with Crippen molar-refractivity contribution in [1.82, 2.24) is 15.2 Å². The number of rotatable bonds is 8. The third-order valence-corrected chi connectivity index (χ3v) is 8.28. The molecule has 12 nitrogen and oxygen atoms in total. The number of nitrogens with two attached hydrogens (primary N) is 1. The molecule has 168 valence electrons. The van der Waals surface area contributed by atoms with Gasteiger partial charge in [-0.05, 0) is 6.26 Å². The number of esters is 1. The summed E-state index contributed by atoms with van der Waals surface area (Å²) in [6.07, 6.45) is 1.69. The Hall–Kier alpha value is -2.52. The Morgan fingerprint density at radius 2 is 2.26 bits per heavy atom. The van der Waals surface area contributed by atoms with Gasteiger partial charge >= 0.3 is 11.9 Å². The second kappa shape index (κ2) is 9.32. The van der Waals surface area contributed by atoms with E-state index < -0.39 is 46.5 Å². The number of nitrogens with zero attached hydrogens (tertiary/aromatic N) is 3. The largest absolute Gasteiger partial charge is 0.480 e. The van der Waals surface area contributed by atoms with Crippen LogP contribution in [0, 0.1) is 0 Å². The lowest BCUT2D eigenvalue weighted by molar-refractivity contribution is -0.151. The van der Waals surface area contributed by atoms with Crippen LogP contribution in [0.4, 0.5) is 5.13 Å². The van der Waals surface area contributed by atoms with Crippen LogP contribution in [0.3, 0.4) is 0 Å². The molecule has 0 saturated carbocycles. The number of hydrogen-bond acceptors (Lipinski definition) is 12. The quantitative estimate of drug-likeness (QED) is 0.181. The monoisotopic (exact) mass is 489 g/mol. The summed E-state index contributed by atoms with van der Waals surface area (Å²) in [5.41, 5.74) is 5.48. The lowest BCUT2D eigenvalue weighted by Crippen LogP contribution is -2.74. The van der Waals surface area contributed by atoms with Gasteiger partial charge in [0.2, 0.25) is 12.5 Å².